The monoisotopic (exact) mass is 263 g/mol. The van der Waals surface area contributed by atoms with Crippen molar-refractivity contribution in [3.8, 4) is 0 Å². The minimum atomic E-state index is -0.681. The maximum Gasteiger partial charge on any atom is 0.234 e. The van der Waals surface area contributed by atoms with Gasteiger partial charge in [0.2, 0.25) is 5.91 Å². The molecule has 0 heterocycles. The molecular weight excluding hydrogens is 242 g/mol. The van der Waals surface area contributed by atoms with Gasteiger partial charge in [0, 0.05) is 23.8 Å². The minimum absolute atomic E-state index is 0.0123. The predicted molar refractivity (Wildman–Crippen MR) is 74.5 cm³/mol. The Morgan fingerprint density at radius 3 is 2.84 bits per heavy atom. The van der Waals surface area contributed by atoms with E-state index in [0.29, 0.717) is 30.4 Å². The third-order valence-corrected chi connectivity index (χ3v) is 3.20. The van der Waals surface area contributed by atoms with Crippen molar-refractivity contribution in [2.45, 2.75) is 25.0 Å². The van der Waals surface area contributed by atoms with Gasteiger partial charge in [-0.2, -0.15) is 0 Å². The van der Waals surface area contributed by atoms with Crippen molar-refractivity contribution in [2.24, 2.45) is 0 Å². The summed E-state index contributed by atoms with van der Waals surface area (Å²) in [5.74, 6) is 0.0123. The second-order valence-corrected chi connectivity index (χ2v) is 5.18. The molecule has 0 aromatic heterocycles. The van der Waals surface area contributed by atoms with Crippen molar-refractivity contribution >= 4 is 11.6 Å². The van der Waals surface area contributed by atoms with Crippen LogP contribution in [-0.4, -0.2) is 42.1 Å². The summed E-state index contributed by atoms with van der Waals surface area (Å²) in [6.45, 7) is 0.673. The van der Waals surface area contributed by atoms with Crippen LogP contribution in [0.5, 0.6) is 0 Å². The van der Waals surface area contributed by atoms with Crippen LogP contribution in [0.3, 0.4) is 0 Å². The Kier molecular flexibility index (Phi) is 4.39. The number of nitrogen functional groups attached to an aromatic ring is 1. The topological polar surface area (TPSA) is 78.6 Å². The highest BCUT2D eigenvalue weighted by molar-refractivity contribution is 5.78. The van der Waals surface area contributed by atoms with Crippen LogP contribution in [0.1, 0.15) is 24.5 Å². The largest absolute Gasteiger partial charge is 0.398 e. The maximum atomic E-state index is 11.6. The van der Waals surface area contributed by atoms with Crippen LogP contribution in [0.25, 0.3) is 0 Å². The standard InChI is InChI=1S/C14H21N3O2/c1-17(9-14(19)16-10-6-7-10)8-13(18)11-4-2-3-5-12(11)15/h2-5,10,13,18H,6-9,15H2,1H3,(H,16,19). The van der Waals surface area contributed by atoms with E-state index in [-0.39, 0.29) is 5.91 Å². The molecule has 1 amide bonds. The fraction of sp³-hybridized carbons (Fsp3) is 0.500. The lowest BCUT2D eigenvalue weighted by Gasteiger charge is -2.21. The lowest BCUT2D eigenvalue weighted by molar-refractivity contribution is -0.122. The number of likely N-dealkylation sites (N-methyl/N-ethyl adjacent to an activating group) is 1. The van der Waals surface area contributed by atoms with Gasteiger partial charge in [0.15, 0.2) is 0 Å². The SMILES string of the molecule is CN(CC(=O)NC1CC1)CC(O)c1ccccc1N. The zero-order chi connectivity index (χ0) is 13.8. The van der Waals surface area contributed by atoms with Crippen molar-refractivity contribution in [3.05, 3.63) is 29.8 Å². The van der Waals surface area contributed by atoms with E-state index in [9.17, 15) is 9.90 Å². The molecule has 1 aliphatic rings. The first kappa shape index (κ1) is 13.8. The van der Waals surface area contributed by atoms with Gasteiger partial charge in [-0.15, -0.1) is 0 Å². The number of amides is 1. The van der Waals surface area contributed by atoms with Gasteiger partial charge >= 0.3 is 0 Å². The molecule has 104 valence electrons. The van der Waals surface area contributed by atoms with Gasteiger partial charge in [-0.1, -0.05) is 18.2 Å². The summed E-state index contributed by atoms with van der Waals surface area (Å²) in [4.78, 5) is 13.4. The summed E-state index contributed by atoms with van der Waals surface area (Å²) in [6, 6.07) is 7.61. The molecule has 0 saturated heterocycles. The van der Waals surface area contributed by atoms with Crippen LogP contribution in [0.15, 0.2) is 24.3 Å². The average molecular weight is 263 g/mol. The molecule has 1 aromatic rings. The lowest BCUT2D eigenvalue weighted by Crippen LogP contribution is -2.37. The second-order valence-electron chi connectivity index (χ2n) is 5.18. The van der Waals surface area contributed by atoms with E-state index in [1.54, 1.807) is 17.0 Å². The van der Waals surface area contributed by atoms with Crippen LogP contribution in [0.2, 0.25) is 0 Å². The number of rotatable bonds is 6. The molecule has 5 heteroatoms. The molecule has 0 radical (unpaired) electrons. The molecule has 1 unspecified atom stereocenters. The van der Waals surface area contributed by atoms with Crippen LogP contribution in [-0.2, 0) is 4.79 Å². The van der Waals surface area contributed by atoms with Crippen molar-refractivity contribution < 1.29 is 9.90 Å². The Morgan fingerprint density at radius 2 is 2.21 bits per heavy atom. The molecule has 1 atom stereocenters. The maximum absolute atomic E-state index is 11.6. The highest BCUT2D eigenvalue weighted by Gasteiger charge is 2.24. The molecule has 0 bridgehead atoms. The predicted octanol–water partition coefficient (Wildman–Crippen LogP) is 0.513. The van der Waals surface area contributed by atoms with Gasteiger partial charge < -0.3 is 16.2 Å². The molecule has 19 heavy (non-hydrogen) atoms. The van der Waals surface area contributed by atoms with E-state index in [4.69, 9.17) is 5.73 Å². The number of para-hydroxylation sites is 1. The fourth-order valence-electron chi connectivity index (χ4n) is 2.02. The Bertz CT molecular complexity index is 446. The lowest BCUT2D eigenvalue weighted by atomic mass is 10.1. The van der Waals surface area contributed by atoms with Gasteiger partial charge in [-0.25, -0.2) is 0 Å². The highest BCUT2D eigenvalue weighted by Crippen LogP contribution is 2.20. The average Bonchev–Trinajstić information content (AvgIpc) is 3.12. The molecule has 1 fully saturated rings. The van der Waals surface area contributed by atoms with Crippen molar-refractivity contribution in [2.75, 3.05) is 25.9 Å². The quantitative estimate of drug-likeness (QED) is 0.654. The second kappa shape index (κ2) is 6.04. The summed E-state index contributed by atoms with van der Waals surface area (Å²) < 4.78 is 0. The highest BCUT2D eigenvalue weighted by atomic mass is 16.3. The Balaban J connectivity index is 1.82. The molecule has 5 nitrogen and oxygen atoms in total. The summed E-state index contributed by atoms with van der Waals surface area (Å²) >= 11 is 0. The van der Waals surface area contributed by atoms with E-state index in [2.05, 4.69) is 5.32 Å². The number of anilines is 1. The van der Waals surface area contributed by atoms with E-state index >= 15 is 0 Å². The van der Waals surface area contributed by atoms with Crippen LogP contribution in [0, 0.1) is 0 Å². The van der Waals surface area contributed by atoms with Crippen molar-refractivity contribution in [1.29, 1.82) is 0 Å². The number of hydrogen-bond donors (Lipinski definition) is 3. The molecule has 2 rings (SSSR count). The van der Waals surface area contributed by atoms with Crippen LogP contribution >= 0.6 is 0 Å². The first-order valence-electron chi connectivity index (χ1n) is 6.56. The summed E-state index contributed by atoms with van der Waals surface area (Å²) in [5, 5.41) is 13.0. The van der Waals surface area contributed by atoms with Gasteiger partial charge in [0.1, 0.15) is 0 Å². The van der Waals surface area contributed by atoms with Crippen LogP contribution < -0.4 is 11.1 Å². The number of nitrogens with zero attached hydrogens (tertiary/aromatic N) is 1. The zero-order valence-corrected chi connectivity index (χ0v) is 11.2. The molecule has 1 aliphatic carbocycles. The summed E-state index contributed by atoms with van der Waals surface area (Å²) in [7, 11) is 1.81. The van der Waals surface area contributed by atoms with Gasteiger partial charge in [0.25, 0.3) is 0 Å². The first-order valence-corrected chi connectivity index (χ1v) is 6.56. The van der Waals surface area contributed by atoms with Gasteiger partial charge in [-0.05, 0) is 26.0 Å². The number of carbonyl (C=O) groups is 1. The molecule has 0 spiro atoms. The molecule has 0 aliphatic heterocycles. The number of aliphatic hydroxyl groups excluding tert-OH is 1. The third kappa shape index (κ3) is 4.22. The number of carbonyl (C=O) groups excluding carboxylic acids is 1. The fourth-order valence-corrected chi connectivity index (χ4v) is 2.02. The smallest absolute Gasteiger partial charge is 0.234 e. The normalized spacial score (nSPS) is 16.4. The number of aliphatic hydroxyl groups is 1. The molecule has 4 N–H and O–H groups in total. The first-order chi connectivity index (χ1) is 9.06. The molecular formula is C14H21N3O2. The number of hydrogen-bond acceptors (Lipinski definition) is 4. The van der Waals surface area contributed by atoms with Gasteiger partial charge in [-0.3, -0.25) is 9.69 Å². The summed E-state index contributed by atoms with van der Waals surface area (Å²) in [6.07, 6.45) is 1.48. The molecule has 1 aromatic carbocycles. The molecule has 1 saturated carbocycles. The van der Waals surface area contributed by atoms with E-state index in [0.717, 1.165) is 12.8 Å². The number of nitrogens with two attached hydrogens (primary N) is 1. The van der Waals surface area contributed by atoms with Gasteiger partial charge in [0.05, 0.1) is 12.6 Å². The Hall–Kier alpha value is -1.59. The number of benzene rings is 1. The Morgan fingerprint density at radius 1 is 1.53 bits per heavy atom. The van der Waals surface area contributed by atoms with E-state index < -0.39 is 6.10 Å². The Labute approximate surface area is 113 Å². The third-order valence-electron chi connectivity index (χ3n) is 3.20. The van der Waals surface area contributed by atoms with Crippen molar-refractivity contribution in [1.82, 2.24) is 10.2 Å². The van der Waals surface area contributed by atoms with E-state index in [1.807, 2.05) is 19.2 Å². The summed E-state index contributed by atoms with van der Waals surface area (Å²) in [5.41, 5.74) is 7.10. The zero-order valence-electron chi connectivity index (χ0n) is 11.2. The number of nitrogens with one attached hydrogen (secondary N) is 1. The van der Waals surface area contributed by atoms with E-state index in [1.165, 1.54) is 0 Å². The van der Waals surface area contributed by atoms with Crippen molar-refractivity contribution in [3.63, 3.8) is 0 Å². The van der Waals surface area contributed by atoms with Crippen LogP contribution in [0.4, 0.5) is 5.69 Å². The minimum Gasteiger partial charge on any atom is -0.398 e.